The van der Waals surface area contributed by atoms with Gasteiger partial charge in [-0.1, -0.05) is 0 Å². The highest BCUT2D eigenvalue weighted by molar-refractivity contribution is 5.38. The molecule has 0 aliphatic carbocycles. The van der Waals surface area contributed by atoms with Gasteiger partial charge in [0.2, 0.25) is 0 Å². The number of halogens is 3. The van der Waals surface area contributed by atoms with Crippen LogP contribution < -0.4 is 5.32 Å². The van der Waals surface area contributed by atoms with Crippen LogP contribution in [0.3, 0.4) is 0 Å². The monoisotopic (exact) mass is 261 g/mol. The molecule has 0 unspecified atom stereocenters. The van der Waals surface area contributed by atoms with Gasteiger partial charge < -0.3 is 10.2 Å². The topological polar surface area (TPSA) is 28.2 Å². The minimum absolute atomic E-state index is 0.252. The zero-order chi connectivity index (χ0) is 13.8. The minimum atomic E-state index is -4.33. The predicted octanol–water partition coefficient (Wildman–Crippen LogP) is 2.85. The highest BCUT2D eigenvalue weighted by Gasteiger charge is 2.30. The Morgan fingerprint density at radius 3 is 2.61 bits per heavy atom. The van der Waals surface area contributed by atoms with Crippen LogP contribution in [-0.2, 0) is 6.18 Å². The lowest BCUT2D eigenvalue weighted by Gasteiger charge is -2.21. The number of alkyl halides is 3. The van der Waals surface area contributed by atoms with Crippen molar-refractivity contribution in [2.24, 2.45) is 0 Å². The molecule has 0 aromatic carbocycles. The van der Waals surface area contributed by atoms with E-state index in [0.717, 1.165) is 24.9 Å². The van der Waals surface area contributed by atoms with Crippen molar-refractivity contribution in [2.45, 2.75) is 26.1 Å². The van der Waals surface area contributed by atoms with E-state index < -0.39 is 11.7 Å². The molecule has 0 bridgehead atoms. The summed E-state index contributed by atoms with van der Waals surface area (Å²) < 4.78 is 37.4. The fourth-order valence-electron chi connectivity index (χ4n) is 1.32. The van der Waals surface area contributed by atoms with Gasteiger partial charge in [0.15, 0.2) is 0 Å². The maximum absolute atomic E-state index is 12.5. The number of anilines is 1. The van der Waals surface area contributed by atoms with Crippen molar-refractivity contribution < 1.29 is 13.2 Å². The largest absolute Gasteiger partial charge is 0.416 e. The quantitative estimate of drug-likeness (QED) is 0.883. The first kappa shape index (κ1) is 14.8. The van der Waals surface area contributed by atoms with Gasteiger partial charge in [0.1, 0.15) is 5.82 Å². The van der Waals surface area contributed by atoms with Crippen molar-refractivity contribution in [3.05, 3.63) is 23.9 Å². The number of likely N-dealkylation sites (N-methyl/N-ethyl adjacent to an activating group) is 1. The van der Waals surface area contributed by atoms with Crippen LogP contribution in [0.4, 0.5) is 19.0 Å². The van der Waals surface area contributed by atoms with E-state index in [2.05, 4.69) is 29.0 Å². The third kappa shape index (κ3) is 4.52. The summed E-state index contributed by atoms with van der Waals surface area (Å²) in [4.78, 5) is 5.96. The van der Waals surface area contributed by atoms with Crippen LogP contribution >= 0.6 is 0 Å². The first-order valence-corrected chi connectivity index (χ1v) is 5.78. The number of hydrogen-bond acceptors (Lipinski definition) is 3. The molecular formula is C12H18F3N3. The lowest BCUT2D eigenvalue weighted by Crippen LogP contribution is -2.31. The van der Waals surface area contributed by atoms with Crippen molar-refractivity contribution >= 4 is 5.82 Å². The fourth-order valence-corrected chi connectivity index (χ4v) is 1.32. The molecule has 1 aromatic rings. The summed E-state index contributed by atoms with van der Waals surface area (Å²) in [5.41, 5.74) is -0.683. The molecule has 0 atom stereocenters. The number of nitrogens with one attached hydrogen (secondary N) is 1. The van der Waals surface area contributed by atoms with Crippen LogP contribution in [0.25, 0.3) is 0 Å². The summed E-state index contributed by atoms with van der Waals surface area (Å²) in [6, 6.07) is 2.39. The fraction of sp³-hybridized carbons (Fsp3) is 0.583. The van der Waals surface area contributed by atoms with E-state index >= 15 is 0 Å². The predicted molar refractivity (Wildman–Crippen MR) is 65.5 cm³/mol. The lowest BCUT2D eigenvalue weighted by molar-refractivity contribution is -0.137. The zero-order valence-corrected chi connectivity index (χ0v) is 10.8. The van der Waals surface area contributed by atoms with Gasteiger partial charge in [0.25, 0.3) is 0 Å². The molecule has 1 heterocycles. The number of pyridine rings is 1. The first-order chi connectivity index (χ1) is 8.30. The summed E-state index contributed by atoms with van der Waals surface area (Å²) in [5.74, 6) is 0.252. The van der Waals surface area contributed by atoms with E-state index in [-0.39, 0.29) is 5.82 Å². The van der Waals surface area contributed by atoms with Crippen molar-refractivity contribution in [2.75, 3.05) is 25.5 Å². The molecule has 0 saturated heterocycles. The Morgan fingerprint density at radius 2 is 2.06 bits per heavy atom. The van der Waals surface area contributed by atoms with Crippen LogP contribution in [-0.4, -0.2) is 36.1 Å². The molecule has 6 heteroatoms. The summed E-state index contributed by atoms with van der Waals surface area (Å²) in [7, 11) is 1.96. The molecule has 0 amide bonds. The molecule has 0 aliphatic rings. The lowest BCUT2D eigenvalue weighted by atomic mass is 10.2. The van der Waals surface area contributed by atoms with E-state index in [1.807, 2.05) is 7.05 Å². The zero-order valence-electron chi connectivity index (χ0n) is 10.8. The van der Waals surface area contributed by atoms with Crippen LogP contribution in [0.1, 0.15) is 19.4 Å². The Kier molecular flexibility index (Phi) is 4.95. The molecular weight excluding hydrogens is 243 g/mol. The average molecular weight is 261 g/mol. The van der Waals surface area contributed by atoms with Crippen LogP contribution in [0, 0.1) is 0 Å². The number of hydrogen-bond donors (Lipinski definition) is 1. The van der Waals surface area contributed by atoms with Crippen molar-refractivity contribution in [3.63, 3.8) is 0 Å². The second-order valence-corrected chi connectivity index (χ2v) is 4.43. The van der Waals surface area contributed by atoms with E-state index in [4.69, 9.17) is 0 Å². The van der Waals surface area contributed by atoms with E-state index in [1.54, 1.807) is 0 Å². The van der Waals surface area contributed by atoms with Crippen molar-refractivity contribution in [1.29, 1.82) is 0 Å². The van der Waals surface area contributed by atoms with Gasteiger partial charge in [0, 0.05) is 25.3 Å². The maximum Gasteiger partial charge on any atom is 0.416 e. The second kappa shape index (κ2) is 6.04. The van der Waals surface area contributed by atoms with E-state index in [0.29, 0.717) is 12.6 Å². The second-order valence-electron chi connectivity index (χ2n) is 4.43. The number of aromatic nitrogens is 1. The van der Waals surface area contributed by atoms with Crippen LogP contribution in [0.5, 0.6) is 0 Å². The number of rotatable bonds is 5. The SMILES string of the molecule is CC(C)N(C)CCNc1cc(C(F)(F)F)ccn1. The summed E-state index contributed by atoms with van der Waals surface area (Å²) in [5, 5.41) is 2.89. The van der Waals surface area contributed by atoms with Crippen molar-refractivity contribution in [1.82, 2.24) is 9.88 Å². The summed E-state index contributed by atoms with van der Waals surface area (Å²) in [6.07, 6.45) is -3.16. The van der Waals surface area contributed by atoms with Gasteiger partial charge in [-0.05, 0) is 33.0 Å². The molecule has 18 heavy (non-hydrogen) atoms. The average Bonchev–Trinajstić information content (AvgIpc) is 2.28. The molecule has 0 saturated carbocycles. The standard InChI is InChI=1S/C12H18F3N3/c1-9(2)18(3)7-6-17-11-8-10(4-5-16-11)12(13,14)15/h4-5,8-9H,6-7H2,1-3H3,(H,16,17). The van der Waals surface area contributed by atoms with Gasteiger partial charge in [-0.15, -0.1) is 0 Å². The molecule has 0 fully saturated rings. The molecule has 3 nitrogen and oxygen atoms in total. The first-order valence-electron chi connectivity index (χ1n) is 5.78. The Bertz CT molecular complexity index is 377. The normalized spacial score (nSPS) is 12.2. The van der Waals surface area contributed by atoms with Gasteiger partial charge in [-0.2, -0.15) is 13.2 Å². The van der Waals surface area contributed by atoms with Gasteiger partial charge in [-0.25, -0.2) is 4.98 Å². The smallest absolute Gasteiger partial charge is 0.369 e. The molecule has 1 rings (SSSR count). The molecule has 1 aromatic heterocycles. The molecule has 1 N–H and O–H groups in total. The highest BCUT2D eigenvalue weighted by atomic mass is 19.4. The number of nitrogens with zero attached hydrogens (tertiary/aromatic N) is 2. The summed E-state index contributed by atoms with van der Waals surface area (Å²) in [6.45, 7) is 5.42. The third-order valence-corrected chi connectivity index (χ3v) is 2.74. The van der Waals surface area contributed by atoms with E-state index in [9.17, 15) is 13.2 Å². The molecule has 102 valence electrons. The Hall–Kier alpha value is -1.30. The van der Waals surface area contributed by atoms with Crippen molar-refractivity contribution in [3.8, 4) is 0 Å². The maximum atomic E-state index is 12.5. The van der Waals surface area contributed by atoms with E-state index in [1.165, 1.54) is 0 Å². The third-order valence-electron chi connectivity index (χ3n) is 2.74. The molecule has 0 spiro atoms. The van der Waals surface area contributed by atoms with Crippen LogP contribution in [0.15, 0.2) is 18.3 Å². The molecule has 0 aliphatic heterocycles. The van der Waals surface area contributed by atoms with Gasteiger partial charge in [-0.3, -0.25) is 0 Å². The summed E-state index contributed by atoms with van der Waals surface area (Å²) >= 11 is 0. The molecule has 0 radical (unpaired) electrons. The van der Waals surface area contributed by atoms with Gasteiger partial charge in [0.05, 0.1) is 5.56 Å². The Balaban J connectivity index is 2.53. The van der Waals surface area contributed by atoms with Gasteiger partial charge >= 0.3 is 6.18 Å². The Morgan fingerprint density at radius 1 is 1.39 bits per heavy atom. The Labute approximate surface area is 105 Å². The highest BCUT2D eigenvalue weighted by Crippen LogP contribution is 2.29. The minimum Gasteiger partial charge on any atom is -0.369 e. The van der Waals surface area contributed by atoms with Crippen LogP contribution in [0.2, 0.25) is 0 Å².